The Bertz CT molecular complexity index is 1030. The molecule has 2 heterocycles. The Labute approximate surface area is 138 Å². The number of thioether (sulfide) groups is 1. The summed E-state index contributed by atoms with van der Waals surface area (Å²) in [5, 5.41) is 0.723. The molecule has 2 aromatic heterocycles. The van der Waals surface area contributed by atoms with Gasteiger partial charge in [-0.3, -0.25) is 4.40 Å². The van der Waals surface area contributed by atoms with Crippen LogP contribution in [0.4, 0.5) is 0 Å². The maximum absolute atomic E-state index is 12.5. The number of pyridine rings is 1. The Balaban J connectivity index is 2.33. The van der Waals surface area contributed by atoms with Crippen molar-refractivity contribution < 1.29 is 8.42 Å². The first-order valence-corrected chi connectivity index (χ1v) is 9.57. The number of nitrogens with zero attached hydrogens (tertiary/aromatic N) is 3. The summed E-state index contributed by atoms with van der Waals surface area (Å²) in [6.07, 6.45) is 3.66. The predicted octanol–water partition coefficient (Wildman–Crippen LogP) is 2.65. The van der Waals surface area contributed by atoms with Crippen LogP contribution in [-0.4, -0.2) is 24.1 Å². The maximum Gasteiger partial charge on any atom is 0.284 e. The van der Waals surface area contributed by atoms with Crippen LogP contribution in [0.25, 0.3) is 5.65 Å². The Hall–Kier alpha value is -2.12. The molecule has 0 fully saturated rings. The van der Waals surface area contributed by atoms with Crippen molar-refractivity contribution in [2.75, 3.05) is 6.26 Å². The monoisotopic (exact) mass is 345 g/mol. The van der Waals surface area contributed by atoms with Crippen LogP contribution < -0.4 is 5.49 Å². The number of sulfonamides is 1. The average Bonchev–Trinajstić information content (AvgIpc) is 2.56. The van der Waals surface area contributed by atoms with Gasteiger partial charge in [0.1, 0.15) is 10.7 Å². The zero-order valence-corrected chi connectivity index (χ0v) is 14.3. The number of fused-ring (bicyclic) bond motifs is 1. The minimum absolute atomic E-state index is 0.170. The van der Waals surface area contributed by atoms with E-state index in [-0.39, 0.29) is 4.90 Å². The molecule has 118 valence electrons. The highest BCUT2D eigenvalue weighted by Gasteiger charge is 2.12. The Morgan fingerprint density at radius 1 is 1.13 bits per heavy atom. The summed E-state index contributed by atoms with van der Waals surface area (Å²) in [7, 11) is -3.78. The Kier molecular flexibility index (Phi) is 4.23. The van der Waals surface area contributed by atoms with Gasteiger partial charge in [0.2, 0.25) is 0 Å². The van der Waals surface area contributed by atoms with Crippen molar-refractivity contribution >= 4 is 27.4 Å². The minimum Gasteiger partial charge on any atom is -0.285 e. The second kappa shape index (κ2) is 6.17. The lowest BCUT2D eigenvalue weighted by Crippen LogP contribution is -2.19. The van der Waals surface area contributed by atoms with Gasteiger partial charge in [0.15, 0.2) is 5.49 Å². The number of hydrogen-bond donors (Lipinski definition) is 0. The zero-order valence-electron chi connectivity index (χ0n) is 12.7. The van der Waals surface area contributed by atoms with E-state index in [1.54, 1.807) is 34.9 Å². The predicted molar refractivity (Wildman–Crippen MR) is 90.9 cm³/mol. The van der Waals surface area contributed by atoms with Crippen molar-refractivity contribution in [2.24, 2.45) is 4.40 Å². The van der Waals surface area contributed by atoms with E-state index in [1.807, 2.05) is 25.3 Å². The van der Waals surface area contributed by atoms with Crippen molar-refractivity contribution in [2.45, 2.75) is 16.8 Å². The lowest BCUT2D eigenvalue weighted by molar-refractivity contribution is 0.596. The molecule has 0 spiro atoms. The van der Waals surface area contributed by atoms with Gasteiger partial charge in [-0.25, -0.2) is 4.98 Å². The summed E-state index contributed by atoms with van der Waals surface area (Å²) < 4.78 is 30.8. The molecule has 0 saturated carbocycles. The summed E-state index contributed by atoms with van der Waals surface area (Å²) in [6.45, 7) is 1.93. The molecule has 3 aromatic rings. The summed E-state index contributed by atoms with van der Waals surface area (Å²) in [5.74, 6) is 0. The molecular weight excluding hydrogens is 330 g/mol. The van der Waals surface area contributed by atoms with Crippen LogP contribution in [0.3, 0.4) is 0 Å². The number of aryl methyl sites for hydroxylation is 1. The fourth-order valence-corrected chi connectivity index (χ4v) is 3.59. The standard InChI is InChI=1S/C16H15N3O2S2/c1-12-7-6-10-19-14(11-15(22-2)17-16(12)19)18-23(20,21)13-8-4-3-5-9-13/h3-11H,1-2H3. The van der Waals surface area contributed by atoms with Gasteiger partial charge in [0.05, 0.1) is 4.90 Å². The number of aromatic nitrogens is 2. The topological polar surface area (TPSA) is 63.8 Å². The van der Waals surface area contributed by atoms with Crippen molar-refractivity contribution in [3.63, 3.8) is 0 Å². The van der Waals surface area contributed by atoms with Gasteiger partial charge in [-0.1, -0.05) is 24.3 Å². The smallest absolute Gasteiger partial charge is 0.284 e. The van der Waals surface area contributed by atoms with Gasteiger partial charge < -0.3 is 0 Å². The molecule has 7 heteroatoms. The molecule has 0 amide bonds. The molecule has 0 aliphatic carbocycles. The summed E-state index contributed by atoms with van der Waals surface area (Å²) in [4.78, 5) is 4.70. The highest BCUT2D eigenvalue weighted by molar-refractivity contribution is 7.98. The fraction of sp³-hybridized carbons (Fsp3) is 0.125. The number of hydrogen-bond acceptors (Lipinski definition) is 4. The van der Waals surface area contributed by atoms with Crippen LogP contribution in [0.1, 0.15) is 5.56 Å². The Morgan fingerprint density at radius 2 is 1.87 bits per heavy atom. The summed E-state index contributed by atoms with van der Waals surface area (Å²) >= 11 is 1.45. The van der Waals surface area contributed by atoms with Gasteiger partial charge in [0, 0.05) is 12.3 Å². The summed E-state index contributed by atoms with van der Waals surface area (Å²) in [5.41, 5.74) is 1.99. The molecule has 1 aromatic carbocycles. The molecule has 0 radical (unpaired) electrons. The summed E-state index contributed by atoms with van der Waals surface area (Å²) in [6, 6.07) is 13.7. The third-order valence-corrected chi connectivity index (χ3v) is 5.26. The minimum atomic E-state index is -3.78. The van der Waals surface area contributed by atoms with Gasteiger partial charge in [-0.15, -0.1) is 16.2 Å². The van der Waals surface area contributed by atoms with E-state index in [1.165, 1.54) is 23.9 Å². The molecule has 0 aliphatic heterocycles. The molecule has 0 N–H and O–H groups in total. The van der Waals surface area contributed by atoms with Crippen molar-refractivity contribution in [3.05, 3.63) is 65.8 Å². The Morgan fingerprint density at radius 3 is 2.57 bits per heavy atom. The third-order valence-electron chi connectivity index (χ3n) is 3.34. The normalized spacial score (nSPS) is 12.7. The molecule has 0 aliphatic rings. The largest absolute Gasteiger partial charge is 0.285 e. The van der Waals surface area contributed by atoms with Gasteiger partial charge in [0.25, 0.3) is 10.0 Å². The first kappa shape index (κ1) is 15.8. The highest BCUT2D eigenvalue weighted by Crippen LogP contribution is 2.14. The van der Waals surface area contributed by atoms with Crippen LogP contribution in [0.15, 0.2) is 69.0 Å². The van der Waals surface area contributed by atoms with Crippen molar-refractivity contribution in [1.82, 2.24) is 9.38 Å². The van der Waals surface area contributed by atoms with E-state index < -0.39 is 10.0 Å². The van der Waals surface area contributed by atoms with Gasteiger partial charge in [-0.2, -0.15) is 8.42 Å². The molecule has 23 heavy (non-hydrogen) atoms. The molecule has 5 nitrogen and oxygen atoms in total. The maximum atomic E-state index is 12.5. The SMILES string of the molecule is CSc1cc(=NS(=O)(=O)c2ccccc2)n2cccc(C)c2n1. The van der Waals surface area contributed by atoms with Crippen LogP contribution in [-0.2, 0) is 10.0 Å². The van der Waals surface area contributed by atoms with E-state index in [0.29, 0.717) is 11.1 Å². The second-order valence-electron chi connectivity index (χ2n) is 4.92. The van der Waals surface area contributed by atoms with E-state index in [4.69, 9.17) is 0 Å². The van der Waals surface area contributed by atoms with E-state index in [0.717, 1.165) is 10.6 Å². The first-order chi connectivity index (χ1) is 11.0. The quantitative estimate of drug-likeness (QED) is 0.541. The van der Waals surface area contributed by atoms with Crippen LogP contribution in [0.5, 0.6) is 0 Å². The molecule has 0 bridgehead atoms. The van der Waals surface area contributed by atoms with E-state index in [2.05, 4.69) is 9.38 Å². The molecule has 0 atom stereocenters. The van der Waals surface area contributed by atoms with E-state index >= 15 is 0 Å². The average molecular weight is 345 g/mol. The highest BCUT2D eigenvalue weighted by atomic mass is 32.2. The molecule has 0 unspecified atom stereocenters. The van der Waals surface area contributed by atoms with E-state index in [9.17, 15) is 8.42 Å². The lowest BCUT2D eigenvalue weighted by atomic mass is 10.3. The van der Waals surface area contributed by atoms with Crippen molar-refractivity contribution in [3.8, 4) is 0 Å². The molecule has 0 saturated heterocycles. The third kappa shape index (κ3) is 3.16. The first-order valence-electron chi connectivity index (χ1n) is 6.90. The van der Waals surface area contributed by atoms with Crippen molar-refractivity contribution in [1.29, 1.82) is 0 Å². The molecular formula is C16H15N3O2S2. The zero-order chi connectivity index (χ0) is 16.4. The number of rotatable bonds is 3. The molecule has 3 rings (SSSR count). The van der Waals surface area contributed by atoms with Crippen LogP contribution in [0, 0.1) is 6.92 Å². The lowest BCUT2D eigenvalue weighted by Gasteiger charge is -2.07. The van der Waals surface area contributed by atoms with Crippen LogP contribution in [0.2, 0.25) is 0 Å². The fourth-order valence-electron chi connectivity index (χ4n) is 2.20. The van der Waals surface area contributed by atoms with Gasteiger partial charge >= 0.3 is 0 Å². The second-order valence-corrected chi connectivity index (χ2v) is 7.35. The number of benzene rings is 1. The van der Waals surface area contributed by atoms with Gasteiger partial charge in [-0.05, 0) is 36.9 Å². The van der Waals surface area contributed by atoms with Crippen LogP contribution >= 0.6 is 11.8 Å².